The summed E-state index contributed by atoms with van der Waals surface area (Å²) < 4.78 is 7.55. The number of alkyl halides is 1. The quantitative estimate of drug-likeness (QED) is 0.668. The third-order valence-corrected chi connectivity index (χ3v) is 4.30. The summed E-state index contributed by atoms with van der Waals surface area (Å²) in [6, 6.07) is 10.2. The minimum Gasteiger partial charge on any atom is -0.497 e. The van der Waals surface area contributed by atoms with E-state index in [9.17, 15) is 0 Å². The van der Waals surface area contributed by atoms with Gasteiger partial charge in [-0.3, -0.25) is 0 Å². The highest BCUT2D eigenvalue weighted by molar-refractivity contribution is 7.09. The zero-order valence-corrected chi connectivity index (χ0v) is 12.7. The molecule has 20 heavy (non-hydrogen) atoms. The van der Waals surface area contributed by atoms with Gasteiger partial charge in [0.15, 0.2) is 0 Å². The maximum atomic E-state index is 5.90. The van der Waals surface area contributed by atoms with E-state index in [2.05, 4.69) is 27.1 Å². The summed E-state index contributed by atoms with van der Waals surface area (Å²) in [5, 5.41) is 2.09. The van der Waals surface area contributed by atoms with Crippen LogP contribution in [0.4, 0.5) is 0 Å². The SMILES string of the molecule is COc1ccc2nc(CCCl)n(Cc3cccs3)c2c1. The Bertz CT molecular complexity index is 706. The molecule has 2 heterocycles. The Kier molecular flexibility index (Phi) is 3.94. The Balaban J connectivity index is 2.11. The van der Waals surface area contributed by atoms with Crippen LogP contribution in [0.3, 0.4) is 0 Å². The monoisotopic (exact) mass is 306 g/mol. The van der Waals surface area contributed by atoms with E-state index >= 15 is 0 Å². The fourth-order valence-electron chi connectivity index (χ4n) is 2.29. The third kappa shape index (κ3) is 2.53. The predicted molar refractivity (Wildman–Crippen MR) is 84.1 cm³/mol. The van der Waals surface area contributed by atoms with Gasteiger partial charge in [0.05, 0.1) is 24.7 Å². The fourth-order valence-corrected chi connectivity index (χ4v) is 3.15. The lowest BCUT2D eigenvalue weighted by Crippen LogP contribution is -2.05. The zero-order chi connectivity index (χ0) is 13.9. The highest BCUT2D eigenvalue weighted by Crippen LogP contribution is 2.24. The summed E-state index contributed by atoms with van der Waals surface area (Å²) >= 11 is 7.65. The van der Waals surface area contributed by atoms with Gasteiger partial charge in [-0.25, -0.2) is 4.98 Å². The second kappa shape index (κ2) is 5.85. The first kappa shape index (κ1) is 13.5. The van der Waals surface area contributed by atoms with Crippen molar-refractivity contribution in [2.24, 2.45) is 0 Å². The molecule has 0 radical (unpaired) electrons. The number of nitrogens with zero attached hydrogens (tertiary/aromatic N) is 2. The molecule has 2 aromatic heterocycles. The molecule has 0 bridgehead atoms. The van der Waals surface area contributed by atoms with Crippen LogP contribution >= 0.6 is 22.9 Å². The van der Waals surface area contributed by atoms with E-state index < -0.39 is 0 Å². The van der Waals surface area contributed by atoms with Gasteiger partial charge in [0, 0.05) is 23.2 Å². The lowest BCUT2D eigenvalue weighted by molar-refractivity contribution is 0.415. The smallest absolute Gasteiger partial charge is 0.121 e. The first-order valence-electron chi connectivity index (χ1n) is 6.43. The van der Waals surface area contributed by atoms with E-state index in [1.54, 1.807) is 18.4 Å². The van der Waals surface area contributed by atoms with E-state index in [1.807, 2.05) is 18.2 Å². The number of imidazole rings is 1. The third-order valence-electron chi connectivity index (χ3n) is 3.25. The second-order valence-corrected chi connectivity index (χ2v) is 5.90. The van der Waals surface area contributed by atoms with Crippen LogP contribution in [0.5, 0.6) is 5.75 Å². The molecule has 0 amide bonds. The minimum absolute atomic E-state index is 0.574. The molecule has 5 heteroatoms. The van der Waals surface area contributed by atoms with E-state index in [-0.39, 0.29) is 0 Å². The van der Waals surface area contributed by atoms with Gasteiger partial charge < -0.3 is 9.30 Å². The Morgan fingerprint density at radius 2 is 2.25 bits per heavy atom. The van der Waals surface area contributed by atoms with Gasteiger partial charge in [0.2, 0.25) is 0 Å². The van der Waals surface area contributed by atoms with Gasteiger partial charge in [-0.2, -0.15) is 0 Å². The van der Waals surface area contributed by atoms with Gasteiger partial charge in [-0.15, -0.1) is 22.9 Å². The minimum atomic E-state index is 0.574. The molecule has 104 valence electrons. The van der Waals surface area contributed by atoms with Crippen LogP contribution in [-0.4, -0.2) is 22.5 Å². The normalized spacial score (nSPS) is 11.1. The Labute approximate surface area is 126 Å². The van der Waals surface area contributed by atoms with Crippen molar-refractivity contribution in [2.75, 3.05) is 13.0 Å². The van der Waals surface area contributed by atoms with E-state index in [0.717, 1.165) is 35.6 Å². The van der Waals surface area contributed by atoms with Crippen molar-refractivity contribution < 1.29 is 4.74 Å². The summed E-state index contributed by atoms with van der Waals surface area (Å²) in [4.78, 5) is 5.99. The van der Waals surface area contributed by atoms with Crippen molar-refractivity contribution in [3.05, 3.63) is 46.4 Å². The molecule has 0 saturated heterocycles. The molecule has 0 saturated carbocycles. The average Bonchev–Trinajstić information content (AvgIpc) is 3.08. The number of aromatic nitrogens is 2. The molecule has 3 rings (SSSR count). The first-order valence-corrected chi connectivity index (χ1v) is 7.84. The number of thiophene rings is 1. The van der Waals surface area contributed by atoms with Crippen LogP contribution < -0.4 is 4.74 Å². The predicted octanol–water partition coefficient (Wildman–Crippen LogP) is 3.94. The van der Waals surface area contributed by atoms with E-state index in [0.29, 0.717) is 5.88 Å². The molecule has 1 aromatic carbocycles. The van der Waals surface area contributed by atoms with Gasteiger partial charge in [-0.05, 0) is 23.6 Å². The molecular weight excluding hydrogens is 292 g/mol. The van der Waals surface area contributed by atoms with Crippen LogP contribution in [0.2, 0.25) is 0 Å². The Morgan fingerprint density at radius 1 is 1.35 bits per heavy atom. The molecule has 0 aliphatic carbocycles. The van der Waals surface area contributed by atoms with Crippen molar-refractivity contribution >= 4 is 34.0 Å². The van der Waals surface area contributed by atoms with Crippen molar-refractivity contribution in [3.63, 3.8) is 0 Å². The van der Waals surface area contributed by atoms with Crippen molar-refractivity contribution in [1.29, 1.82) is 0 Å². The van der Waals surface area contributed by atoms with Gasteiger partial charge >= 0.3 is 0 Å². The maximum Gasteiger partial charge on any atom is 0.121 e. The standard InChI is InChI=1S/C15H15ClN2OS/c1-19-11-4-5-13-14(9-11)18(15(17-13)6-7-16)10-12-3-2-8-20-12/h2-5,8-9H,6-7,10H2,1H3. The second-order valence-electron chi connectivity index (χ2n) is 4.49. The number of ether oxygens (including phenoxy) is 1. The number of fused-ring (bicyclic) bond motifs is 1. The number of methoxy groups -OCH3 is 1. The summed E-state index contributed by atoms with van der Waals surface area (Å²) in [7, 11) is 1.68. The molecule has 0 fully saturated rings. The number of halogens is 1. The molecule has 0 aliphatic heterocycles. The maximum absolute atomic E-state index is 5.90. The molecule has 0 spiro atoms. The molecule has 0 unspecified atom stereocenters. The van der Waals surface area contributed by atoms with E-state index in [1.165, 1.54) is 4.88 Å². The van der Waals surface area contributed by atoms with Gasteiger partial charge in [-0.1, -0.05) is 6.07 Å². The number of aryl methyl sites for hydroxylation is 1. The number of hydrogen-bond acceptors (Lipinski definition) is 3. The number of hydrogen-bond donors (Lipinski definition) is 0. The Hall–Kier alpha value is -1.52. The van der Waals surface area contributed by atoms with Crippen molar-refractivity contribution in [3.8, 4) is 5.75 Å². The first-order chi connectivity index (χ1) is 9.81. The summed E-state index contributed by atoms with van der Waals surface area (Å²) in [5.74, 6) is 2.45. The topological polar surface area (TPSA) is 27.1 Å². The van der Waals surface area contributed by atoms with E-state index in [4.69, 9.17) is 16.3 Å². The summed E-state index contributed by atoms with van der Waals surface area (Å²) in [5.41, 5.74) is 2.08. The molecule has 0 aliphatic rings. The van der Waals surface area contributed by atoms with Crippen molar-refractivity contribution in [1.82, 2.24) is 9.55 Å². The van der Waals surface area contributed by atoms with Crippen LogP contribution in [0, 0.1) is 0 Å². The summed E-state index contributed by atoms with van der Waals surface area (Å²) in [6.45, 7) is 0.827. The number of benzene rings is 1. The number of rotatable bonds is 5. The van der Waals surface area contributed by atoms with Crippen LogP contribution in [0.1, 0.15) is 10.7 Å². The van der Waals surface area contributed by atoms with Gasteiger partial charge in [0.25, 0.3) is 0 Å². The van der Waals surface area contributed by atoms with Crippen LogP contribution in [-0.2, 0) is 13.0 Å². The molecule has 3 nitrogen and oxygen atoms in total. The highest BCUT2D eigenvalue weighted by atomic mass is 35.5. The van der Waals surface area contributed by atoms with Crippen LogP contribution in [0.15, 0.2) is 35.7 Å². The summed E-state index contributed by atoms with van der Waals surface area (Å²) in [6.07, 6.45) is 0.768. The molecule has 3 aromatic rings. The van der Waals surface area contributed by atoms with Crippen LogP contribution in [0.25, 0.3) is 11.0 Å². The highest BCUT2D eigenvalue weighted by Gasteiger charge is 2.12. The largest absolute Gasteiger partial charge is 0.497 e. The average molecular weight is 307 g/mol. The lowest BCUT2D eigenvalue weighted by atomic mass is 10.3. The zero-order valence-electron chi connectivity index (χ0n) is 11.2. The molecular formula is C15H15ClN2OS. The lowest BCUT2D eigenvalue weighted by Gasteiger charge is -2.07. The fraction of sp³-hybridized carbons (Fsp3) is 0.267. The molecule has 0 atom stereocenters. The van der Waals surface area contributed by atoms with Crippen molar-refractivity contribution in [2.45, 2.75) is 13.0 Å². The Morgan fingerprint density at radius 3 is 2.95 bits per heavy atom. The molecule has 0 N–H and O–H groups in total. The van der Waals surface area contributed by atoms with Gasteiger partial charge in [0.1, 0.15) is 11.6 Å².